The first kappa shape index (κ1) is 14.6. The maximum atomic E-state index is 11.9. The van der Waals surface area contributed by atoms with Crippen LogP contribution in [-0.4, -0.2) is 58.6 Å². The fourth-order valence-corrected chi connectivity index (χ4v) is 1.92. The number of amides is 1. The lowest BCUT2D eigenvalue weighted by Crippen LogP contribution is -2.41. The Kier molecular flexibility index (Phi) is 5.19. The number of ether oxygens (including phenoxy) is 1. The van der Waals surface area contributed by atoms with Gasteiger partial charge in [-0.25, -0.2) is 9.97 Å². The summed E-state index contributed by atoms with van der Waals surface area (Å²) < 4.78 is 5.21. The van der Waals surface area contributed by atoms with Crippen LogP contribution in [0.4, 0.5) is 5.82 Å². The van der Waals surface area contributed by atoms with Gasteiger partial charge in [-0.1, -0.05) is 12.2 Å². The smallest absolute Gasteiger partial charge is 0.224 e. The number of rotatable bonds is 5. The molecule has 0 aromatic carbocycles. The van der Waals surface area contributed by atoms with E-state index in [0.29, 0.717) is 50.8 Å². The summed E-state index contributed by atoms with van der Waals surface area (Å²) in [5.41, 5.74) is 5.92. The Labute approximate surface area is 122 Å². The van der Waals surface area contributed by atoms with Crippen LogP contribution in [0.2, 0.25) is 0 Å². The molecule has 0 aliphatic carbocycles. The molecule has 1 aromatic rings. The van der Waals surface area contributed by atoms with Gasteiger partial charge >= 0.3 is 0 Å². The third-order valence-electron chi connectivity index (χ3n) is 2.91. The highest BCUT2D eigenvalue weighted by Gasteiger charge is 2.15. The molecule has 1 aliphatic rings. The van der Waals surface area contributed by atoms with Crippen molar-refractivity contribution < 1.29 is 9.53 Å². The van der Waals surface area contributed by atoms with E-state index in [0.717, 1.165) is 0 Å². The van der Waals surface area contributed by atoms with Crippen molar-refractivity contribution in [2.75, 3.05) is 38.2 Å². The van der Waals surface area contributed by atoms with Crippen molar-refractivity contribution >= 4 is 28.9 Å². The first-order valence-corrected chi connectivity index (χ1v) is 6.79. The number of nitrogens with one attached hydrogen (secondary N) is 1. The van der Waals surface area contributed by atoms with Gasteiger partial charge in [0.1, 0.15) is 16.5 Å². The molecule has 1 aromatic heterocycles. The molecule has 0 bridgehead atoms. The van der Waals surface area contributed by atoms with Crippen LogP contribution in [-0.2, 0) is 9.53 Å². The topological polar surface area (TPSA) is 93.4 Å². The van der Waals surface area contributed by atoms with Gasteiger partial charge in [0.15, 0.2) is 0 Å². The number of anilines is 1. The zero-order valence-corrected chi connectivity index (χ0v) is 11.9. The minimum Gasteiger partial charge on any atom is -0.388 e. The second kappa shape index (κ2) is 7.11. The molecule has 7 nitrogen and oxygen atoms in total. The summed E-state index contributed by atoms with van der Waals surface area (Å²) in [6, 6.07) is 0. The number of nitrogens with zero attached hydrogens (tertiary/aromatic N) is 3. The minimum absolute atomic E-state index is 0.119. The summed E-state index contributed by atoms with van der Waals surface area (Å²) in [6.07, 6.45) is 3.47. The molecule has 0 unspecified atom stereocenters. The zero-order valence-electron chi connectivity index (χ0n) is 11.0. The molecule has 1 saturated heterocycles. The largest absolute Gasteiger partial charge is 0.388 e. The van der Waals surface area contributed by atoms with E-state index in [1.165, 1.54) is 6.20 Å². The standard InChI is InChI=1S/C12H17N5O2S/c13-12(20)9-7-16-10(8-15-9)14-2-1-11(18)17-3-5-19-6-4-17/h7-8H,1-6H2,(H2,13,20)(H,14,16). The number of carbonyl (C=O) groups excluding carboxylic acids is 1. The van der Waals surface area contributed by atoms with Gasteiger partial charge in [0, 0.05) is 26.1 Å². The van der Waals surface area contributed by atoms with Gasteiger partial charge in [0.05, 0.1) is 25.6 Å². The monoisotopic (exact) mass is 295 g/mol. The first-order valence-electron chi connectivity index (χ1n) is 6.38. The highest BCUT2D eigenvalue weighted by atomic mass is 32.1. The number of thiocarbonyl (C=S) groups is 1. The molecule has 0 atom stereocenters. The lowest BCUT2D eigenvalue weighted by Gasteiger charge is -2.26. The van der Waals surface area contributed by atoms with Crippen molar-refractivity contribution in [3.05, 3.63) is 18.1 Å². The molecule has 1 amide bonds. The fraction of sp³-hybridized carbons (Fsp3) is 0.500. The number of morpholine rings is 1. The molecule has 2 rings (SSSR count). The molecule has 20 heavy (non-hydrogen) atoms. The maximum Gasteiger partial charge on any atom is 0.224 e. The molecule has 3 N–H and O–H groups in total. The first-order chi connectivity index (χ1) is 9.66. The molecule has 0 radical (unpaired) electrons. The number of hydrogen-bond acceptors (Lipinski definition) is 6. The Morgan fingerprint density at radius 1 is 1.40 bits per heavy atom. The van der Waals surface area contributed by atoms with Gasteiger partial charge in [-0.05, 0) is 0 Å². The van der Waals surface area contributed by atoms with Crippen molar-refractivity contribution in [1.82, 2.24) is 14.9 Å². The highest BCUT2D eigenvalue weighted by Crippen LogP contribution is 2.03. The maximum absolute atomic E-state index is 11.9. The van der Waals surface area contributed by atoms with Crippen LogP contribution in [0.3, 0.4) is 0 Å². The number of carbonyl (C=O) groups is 1. The lowest BCUT2D eigenvalue weighted by molar-refractivity contribution is -0.134. The van der Waals surface area contributed by atoms with E-state index in [2.05, 4.69) is 15.3 Å². The van der Waals surface area contributed by atoms with Gasteiger partial charge in [0.2, 0.25) is 5.91 Å². The third kappa shape index (κ3) is 4.10. The Balaban J connectivity index is 1.74. The van der Waals surface area contributed by atoms with Gasteiger partial charge in [-0.15, -0.1) is 0 Å². The Bertz CT molecular complexity index is 473. The van der Waals surface area contributed by atoms with E-state index in [1.54, 1.807) is 6.20 Å². The second-order valence-electron chi connectivity index (χ2n) is 4.32. The molecular weight excluding hydrogens is 278 g/mol. The van der Waals surface area contributed by atoms with Crippen LogP contribution in [0.5, 0.6) is 0 Å². The van der Waals surface area contributed by atoms with Crippen molar-refractivity contribution in [1.29, 1.82) is 0 Å². The average molecular weight is 295 g/mol. The lowest BCUT2D eigenvalue weighted by atomic mass is 10.3. The molecule has 0 saturated carbocycles. The van der Waals surface area contributed by atoms with E-state index in [9.17, 15) is 4.79 Å². The van der Waals surface area contributed by atoms with Gasteiger partial charge in [0.25, 0.3) is 0 Å². The molecule has 1 aliphatic heterocycles. The Morgan fingerprint density at radius 3 is 2.75 bits per heavy atom. The molecule has 8 heteroatoms. The molecule has 1 fully saturated rings. The van der Waals surface area contributed by atoms with Crippen LogP contribution in [0.15, 0.2) is 12.4 Å². The predicted octanol–water partition coefficient (Wildman–Crippen LogP) is -0.228. The van der Waals surface area contributed by atoms with Crippen molar-refractivity contribution in [2.24, 2.45) is 5.73 Å². The van der Waals surface area contributed by atoms with E-state index in [1.807, 2.05) is 4.90 Å². The van der Waals surface area contributed by atoms with Gasteiger partial charge in [-0.3, -0.25) is 4.79 Å². The average Bonchev–Trinajstić information content (AvgIpc) is 2.48. The third-order valence-corrected chi connectivity index (χ3v) is 3.12. The number of hydrogen-bond donors (Lipinski definition) is 2. The quantitative estimate of drug-likeness (QED) is 0.725. The molecule has 0 spiro atoms. The Morgan fingerprint density at radius 2 is 2.15 bits per heavy atom. The predicted molar refractivity (Wildman–Crippen MR) is 78.4 cm³/mol. The number of aromatic nitrogens is 2. The van der Waals surface area contributed by atoms with Gasteiger partial charge < -0.3 is 20.7 Å². The summed E-state index contributed by atoms with van der Waals surface area (Å²) in [7, 11) is 0. The van der Waals surface area contributed by atoms with Crippen LogP contribution in [0.1, 0.15) is 12.1 Å². The fourth-order valence-electron chi connectivity index (χ4n) is 1.81. The van der Waals surface area contributed by atoms with Crippen molar-refractivity contribution in [3.8, 4) is 0 Å². The van der Waals surface area contributed by atoms with E-state index in [-0.39, 0.29) is 10.9 Å². The molecule has 108 valence electrons. The van der Waals surface area contributed by atoms with Crippen LogP contribution >= 0.6 is 12.2 Å². The summed E-state index contributed by atoms with van der Waals surface area (Å²) in [5.74, 6) is 0.716. The SMILES string of the molecule is NC(=S)c1cnc(NCCC(=O)N2CCOCC2)cn1. The van der Waals surface area contributed by atoms with E-state index >= 15 is 0 Å². The van der Waals surface area contributed by atoms with E-state index in [4.69, 9.17) is 22.7 Å². The zero-order chi connectivity index (χ0) is 14.4. The molecule has 2 heterocycles. The highest BCUT2D eigenvalue weighted by molar-refractivity contribution is 7.80. The summed E-state index contributed by atoms with van der Waals surface area (Å²) in [5, 5.41) is 3.04. The minimum atomic E-state index is 0.119. The summed E-state index contributed by atoms with van der Waals surface area (Å²) in [6.45, 7) is 3.08. The van der Waals surface area contributed by atoms with Crippen molar-refractivity contribution in [3.63, 3.8) is 0 Å². The summed E-state index contributed by atoms with van der Waals surface area (Å²) >= 11 is 4.79. The number of nitrogens with two attached hydrogens (primary N) is 1. The van der Waals surface area contributed by atoms with Crippen LogP contribution in [0, 0.1) is 0 Å². The van der Waals surface area contributed by atoms with Crippen LogP contribution < -0.4 is 11.1 Å². The normalized spacial score (nSPS) is 14.9. The summed E-state index contributed by atoms with van der Waals surface area (Å²) in [4.78, 5) is 22.1. The van der Waals surface area contributed by atoms with Crippen LogP contribution in [0.25, 0.3) is 0 Å². The van der Waals surface area contributed by atoms with E-state index < -0.39 is 0 Å². The Hall–Kier alpha value is -1.80. The van der Waals surface area contributed by atoms with Crippen molar-refractivity contribution in [2.45, 2.75) is 6.42 Å². The second-order valence-corrected chi connectivity index (χ2v) is 4.76. The van der Waals surface area contributed by atoms with Gasteiger partial charge in [-0.2, -0.15) is 0 Å². The molecular formula is C12H17N5O2S.